The summed E-state index contributed by atoms with van der Waals surface area (Å²) in [4.78, 5) is 0. The first-order valence-electron chi connectivity index (χ1n) is 15.3. The Morgan fingerprint density at radius 2 is 0.973 bits per heavy atom. The zero-order valence-corrected chi connectivity index (χ0v) is 25.4. The van der Waals surface area contributed by atoms with Crippen LogP contribution in [0.1, 0.15) is 127 Å². The van der Waals surface area contributed by atoms with Gasteiger partial charge in [-0.15, -0.1) is 0 Å². The molecule has 0 aromatic heterocycles. The van der Waals surface area contributed by atoms with E-state index in [0.29, 0.717) is 48.3 Å². The van der Waals surface area contributed by atoms with Gasteiger partial charge in [0.25, 0.3) is 11.9 Å². The van der Waals surface area contributed by atoms with E-state index >= 15 is 0 Å². The van der Waals surface area contributed by atoms with E-state index in [4.69, 9.17) is 28.4 Å². The highest BCUT2D eigenvalue weighted by molar-refractivity contribution is 4.88. The van der Waals surface area contributed by atoms with Crippen LogP contribution in [0.25, 0.3) is 0 Å². The van der Waals surface area contributed by atoms with Crippen LogP contribution in [0.2, 0.25) is 0 Å². The van der Waals surface area contributed by atoms with E-state index in [9.17, 15) is 0 Å². The monoisotopic (exact) mass is 524 g/mol. The topological polar surface area (TPSA) is 55.4 Å². The molecule has 2 aliphatic carbocycles. The number of hydrogen-bond acceptors (Lipinski definition) is 6. The van der Waals surface area contributed by atoms with Crippen molar-refractivity contribution in [2.75, 3.05) is 0 Å². The third-order valence-corrected chi connectivity index (χ3v) is 9.16. The van der Waals surface area contributed by atoms with Gasteiger partial charge in [0.05, 0.1) is 12.2 Å². The first-order valence-corrected chi connectivity index (χ1v) is 15.3. The van der Waals surface area contributed by atoms with Crippen LogP contribution in [0.3, 0.4) is 0 Å². The van der Waals surface area contributed by atoms with E-state index in [1.165, 1.54) is 25.7 Å². The molecule has 0 bridgehead atoms. The van der Waals surface area contributed by atoms with Gasteiger partial charge in [-0.05, 0) is 95.3 Å². The highest BCUT2D eigenvalue weighted by atomic mass is 17.0. The largest absolute Gasteiger partial charge is 0.324 e. The van der Waals surface area contributed by atoms with E-state index in [0.717, 1.165) is 19.3 Å². The van der Waals surface area contributed by atoms with Gasteiger partial charge < -0.3 is 9.47 Å². The molecule has 4 aliphatic rings. The van der Waals surface area contributed by atoms with Gasteiger partial charge in [0.1, 0.15) is 0 Å². The summed E-state index contributed by atoms with van der Waals surface area (Å²) >= 11 is 0. The lowest BCUT2D eigenvalue weighted by atomic mass is 9.75. The molecule has 0 spiro atoms. The second-order valence-electron chi connectivity index (χ2n) is 14.4. The van der Waals surface area contributed by atoms with Crippen molar-refractivity contribution >= 4 is 0 Å². The lowest BCUT2D eigenvalue weighted by Crippen LogP contribution is -2.64. The molecule has 0 aromatic carbocycles. The van der Waals surface area contributed by atoms with Gasteiger partial charge in [-0.1, -0.05) is 54.4 Å². The lowest BCUT2D eigenvalue weighted by Gasteiger charge is -2.56. The van der Waals surface area contributed by atoms with Gasteiger partial charge >= 0.3 is 0 Å². The maximum Gasteiger partial charge on any atom is 0.287 e. The van der Waals surface area contributed by atoms with Gasteiger partial charge in [0, 0.05) is 12.8 Å². The quantitative estimate of drug-likeness (QED) is 0.289. The lowest BCUT2D eigenvalue weighted by molar-refractivity contribution is -0.594. The molecule has 2 aliphatic heterocycles. The molecule has 2 saturated heterocycles. The molecule has 0 amide bonds. The molecule has 0 N–H and O–H groups in total. The molecular weight excluding hydrogens is 468 g/mol. The summed E-state index contributed by atoms with van der Waals surface area (Å²) in [5, 5.41) is 0. The van der Waals surface area contributed by atoms with Crippen LogP contribution in [-0.2, 0) is 28.4 Å². The van der Waals surface area contributed by atoms with Gasteiger partial charge in [-0.2, -0.15) is 0 Å². The summed E-state index contributed by atoms with van der Waals surface area (Å²) < 4.78 is 38.8. The average molecular weight is 525 g/mol. The first-order chi connectivity index (χ1) is 17.1. The number of rotatable bonds is 10. The zero-order valence-electron chi connectivity index (χ0n) is 25.4. The van der Waals surface area contributed by atoms with Gasteiger partial charge in [-0.3, -0.25) is 18.9 Å². The normalized spacial score (nSPS) is 38.3. The fourth-order valence-corrected chi connectivity index (χ4v) is 7.41. The van der Waals surface area contributed by atoms with Crippen molar-refractivity contribution in [3.63, 3.8) is 0 Å². The predicted octanol–water partition coefficient (Wildman–Crippen LogP) is 7.98. The van der Waals surface area contributed by atoms with Crippen LogP contribution in [0.15, 0.2) is 0 Å². The molecule has 0 aromatic rings. The predicted molar refractivity (Wildman–Crippen MR) is 144 cm³/mol. The van der Waals surface area contributed by atoms with Crippen molar-refractivity contribution < 1.29 is 28.4 Å². The summed E-state index contributed by atoms with van der Waals surface area (Å²) in [6, 6.07) is 0. The van der Waals surface area contributed by atoms with E-state index < -0.39 is 23.5 Å². The summed E-state index contributed by atoms with van der Waals surface area (Å²) in [5.74, 6) is 0.261. The van der Waals surface area contributed by atoms with Crippen LogP contribution in [0, 0.1) is 35.5 Å². The summed E-state index contributed by atoms with van der Waals surface area (Å²) in [6.07, 6.45) is 9.36. The van der Waals surface area contributed by atoms with Crippen LogP contribution in [0.4, 0.5) is 0 Å². The molecule has 0 radical (unpaired) electrons. The Balaban J connectivity index is 1.42. The standard InChI is InChI=1S/C31H56O6/c1-20(2)24-14-12-22(5)18-26(24)32-30(34-28(7,8)35-30)16-11-17-31(36-29(9,10)37-31)33-27-19-23(6)13-15-25(27)21(3)4/h20-27H,11-19H2,1-10H3. The van der Waals surface area contributed by atoms with Gasteiger partial charge in [0.15, 0.2) is 11.6 Å². The van der Waals surface area contributed by atoms with Crippen molar-refractivity contribution in [2.45, 2.75) is 163 Å². The molecule has 2 heterocycles. The van der Waals surface area contributed by atoms with E-state index in [2.05, 4.69) is 41.5 Å². The van der Waals surface area contributed by atoms with Crippen molar-refractivity contribution in [3.8, 4) is 0 Å². The Labute approximate surface area is 226 Å². The third-order valence-electron chi connectivity index (χ3n) is 9.16. The molecule has 37 heavy (non-hydrogen) atoms. The average Bonchev–Trinajstić information content (AvgIpc) is 2.70. The minimum Gasteiger partial charge on any atom is -0.324 e. The Kier molecular flexibility index (Phi) is 8.82. The van der Waals surface area contributed by atoms with Crippen LogP contribution < -0.4 is 0 Å². The smallest absolute Gasteiger partial charge is 0.287 e. The summed E-state index contributed by atoms with van der Waals surface area (Å²) in [5.41, 5.74) is 0. The highest BCUT2D eigenvalue weighted by Gasteiger charge is 2.58. The maximum absolute atomic E-state index is 6.75. The second-order valence-corrected chi connectivity index (χ2v) is 14.4. The minimum atomic E-state index is -1.00. The van der Waals surface area contributed by atoms with Gasteiger partial charge in [0.2, 0.25) is 0 Å². The third kappa shape index (κ3) is 7.10. The van der Waals surface area contributed by atoms with E-state index in [-0.39, 0.29) is 12.2 Å². The minimum absolute atomic E-state index is 0.149. The van der Waals surface area contributed by atoms with E-state index in [1.54, 1.807) is 0 Å². The van der Waals surface area contributed by atoms with Crippen molar-refractivity contribution in [1.82, 2.24) is 0 Å². The first kappa shape index (κ1) is 29.7. The Morgan fingerprint density at radius 3 is 1.27 bits per heavy atom. The number of ether oxygens (including phenoxy) is 6. The fraction of sp³-hybridized carbons (Fsp3) is 1.00. The molecular formula is C31H56O6. The van der Waals surface area contributed by atoms with Gasteiger partial charge in [-0.25, -0.2) is 0 Å². The second kappa shape index (κ2) is 11.0. The Hall–Kier alpha value is -0.240. The summed E-state index contributed by atoms with van der Waals surface area (Å²) in [6.45, 7) is 21.7. The van der Waals surface area contributed by atoms with Crippen molar-refractivity contribution in [3.05, 3.63) is 0 Å². The zero-order chi connectivity index (χ0) is 27.2. The van der Waals surface area contributed by atoms with Crippen LogP contribution in [0.5, 0.6) is 0 Å². The molecule has 6 heteroatoms. The SMILES string of the molecule is CC1CCC(C(C)C)C(OC2(CCCC3(OC4CC(C)CCC4C(C)C)OC(C)(C)O3)OC(C)(C)O2)C1. The molecule has 2 saturated carbocycles. The molecule has 216 valence electrons. The molecule has 6 nitrogen and oxygen atoms in total. The van der Waals surface area contributed by atoms with Crippen molar-refractivity contribution in [1.29, 1.82) is 0 Å². The van der Waals surface area contributed by atoms with Crippen molar-refractivity contribution in [2.24, 2.45) is 35.5 Å². The Bertz CT molecular complexity index is 683. The van der Waals surface area contributed by atoms with E-state index in [1.807, 2.05) is 27.7 Å². The molecule has 4 rings (SSSR count). The Morgan fingerprint density at radius 1 is 0.622 bits per heavy atom. The summed E-state index contributed by atoms with van der Waals surface area (Å²) in [7, 11) is 0. The van der Waals surface area contributed by atoms with Crippen LogP contribution in [-0.4, -0.2) is 35.7 Å². The maximum atomic E-state index is 6.75. The molecule has 6 unspecified atom stereocenters. The number of hydrogen-bond donors (Lipinski definition) is 0. The molecule has 4 fully saturated rings. The fourth-order valence-electron chi connectivity index (χ4n) is 7.41. The highest BCUT2D eigenvalue weighted by Crippen LogP contribution is 2.50. The molecule has 6 atom stereocenters. The van der Waals surface area contributed by atoms with Crippen LogP contribution >= 0.6 is 0 Å².